The maximum atomic E-state index is 13.9. The van der Waals surface area contributed by atoms with Crippen molar-refractivity contribution in [1.29, 1.82) is 0 Å². The lowest BCUT2D eigenvalue weighted by atomic mass is 9.95. The van der Waals surface area contributed by atoms with Crippen LogP contribution < -0.4 is 24.4 Å². The number of fused-ring (bicyclic) bond motifs is 1. The summed E-state index contributed by atoms with van der Waals surface area (Å²) in [6.45, 7) is 8.39. The van der Waals surface area contributed by atoms with Gasteiger partial charge in [0.25, 0.3) is 5.56 Å². The summed E-state index contributed by atoms with van der Waals surface area (Å²) in [4.78, 5) is 32.3. The van der Waals surface area contributed by atoms with Gasteiger partial charge < -0.3 is 18.6 Å². The first-order valence-corrected chi connectivity index (χ1v) is 15.2. The van der Waals surface area contributed by atoms with Crippen LogP contribution in [0, 0.1) is 3.57 Å². The topological polar surface area (TPSA) is 92.3 Å². The highest BCUT2D eigenvalue weighted by Gasteiger charge is 2.34. The molecule has 0 aliphatic carbocycles. The Hall–Kier alpha value is -3.64. The van der Waals surface area contributed by atoms with Crippen molar-refractivity contribution in [2.24, 2.45) is 4.99 Å². The van der Waals surface area contributed by atoms with Gasteiger partial charge in [-0.3, -0.25) is 9.36 Å². The maximum absolute atomic E-state index is 13.9. The predicted molar refractivity (Wildman–Crippen MR) is 166 cm³/mol. The summed E-state index contributed by atoms with van der Waals surface area (Å²) < 4.78 is 26.2. The Morgan fingerprint density at radius 1 is 1.02 bits per heavy atom. The zero-order valence-electron chi connectivity index (χ0n) is 23.1. The lowest BCUT2D eigenvalue weighted by molar-refractivity contribution is -0.139. The van der Waals surface area contributed by atoms with Crippen LogP contribution >= 0.6 is 33.9 Å². The van der Waals surface area contributed by atoms with Crippen molar-refractivity contribution in [2.75, 3.05) is 19.8 Å². The Morgan fingerprint density at radius 2 is 1.76 bits per heavy atom. The highest BCUT2D eigenvalue weighted by atomic mass is 127. The molecular formula is C31H29IN2O6S. The van der Waals surface area contributed by atoms with E-state index in [4.69, 9.17) is 18.6 Å². The number of nitrogens with zero attached hydrogens (tertiary/aromatic N) is 2. The molecule has 2 aromatic heterocycles. The molecule has 0 saturated heterocycles. The van der Waals surface area contributed by atoms with Crippen molar-refractivity contribution < 1.29 is 23.4 Å². The maximum Gasteiger partial charge on any atom is 0.338 e. The van der Waals surface area contributed by atoms with E-state index in [1.165, 1.54) is 11.3 Å². The highest BCUT2D eigenvalue weighted by Crippen LogP contribution is 2.36. The fraction of sp³-hybridized carbons (Fsp3) is 0.258. The summed E-state index contributed by atoms with van der Waals surface area (Å²) in [7, 11) is 0. The van der Waals surface area contributed by atoms with Crippen LogP contribution in [0.4, 0.5) is 0 Å². The van der Waals surface area contributed by atoms with Gasteiger partial charge in [-0.05, 0) is 92.2 Å². The van der Waals surface area contributed by atoms with Gasteiger partial charge >= 0.3 is 5.97 Å². The molecule has 1 aliphatic rings. The van der Waals surface area contributed by atoms with Crippen LogP contribution in [-0.2, 0) is 9.53 Å². The summed E-state index contributed by atoms with van der Waals surface area (Å²) in [5.41, 5.74) is 2.14. The standard InChI is InChI=1S/C31H29IN2O6S/c1-5-37-24-14-10-20(16-25(24)38-6-2)28-27(30(36)39-7-3)18(4)33-31-34(28)29(35)26(41-31)17-22-13-15-23(40-22)19-8-11-21(32)12-9-19/h8-17,28H,5-7H2,1-4H3/b26-17-/t28-/m0/s1. The largest absolute Gasteiger partial charge is 0.490 e. The fourth-order valence-electron chi connectivity index (χ4n) is 4.67. The number of rotatable bonds is 9. The van der Waals surface area contributed by atoms with Crippen LogP contribution in [0.2, 0.25) is 0 Å². The number of thiazole rings is 1. The molecule has 5 rings (SSSR count). The monoisotopic (exact) mass is 684 g/mol. The van der Waals surface area contributed by atoms with Crippen molar-refractivity contribution in [2.45, 2.75) is 33.7 Å². The van der Waals surface area contributed by atoms with Gasteiger partial charge in [0, 0.05) is 15.2 Å². The smallest absolute Gasteiger partial charge is 0.338 e. The summed E-state index contributed by atoms with van der Waals surface area (Å²) in [5.74, 6) is 1.85. The van der Waals surface area contributed by atoms with Gasteiger partial charge in [-0.15, -0.1) is 0 Å². The van der Waals surface area contributed by atoms with Crippen molar-refractivity contribution >= 4 is 46.0 Å². The molecule has 212 valence electrons. The number of hydrogen-bond donors (Lipinski definition) is 0. The molecule has 0 unspecified atom stereocenters. The highest BCUT2D eigenvalue weighted by molar-refractivity contribution is 14.1. The molecular weight excluding hydrogens is 655 g/mol. The normalized spacial score (nSPS) is 15.0. The lowest BCUT2D eigenvalue weighted by Crippen LogP contribution is -2.40. The Morgan fingerprint density at radius 3 is 2.46 bits per heavy atom. The van der Waals surface area contributed by atoms with Gasteiger partial charge in [0.1, 0.15) is 11.5 Å². The first kappa shape index (κ1) is 28.9. The number of carbonyl (C=O) groups is 1. The Kier molecular flexibility index (Phi) is 8.79. The molecule has 1 aliphatic heterocycles. The first-order valence-electron chi connectivity index (χ1n) is 13.3. The summed E-state index contributed by atoms with van der Waals surface area (Å²) in [5, 5.41) is 0. The van der Waals surface area contributed by atoms with Gasteiger partial charge in [-0.1, -0.05) is 29.5 Å². The second-order valence-electron chi connectivity index (χ2n) is 9.08. The van der Waals surface area contributed by atoms with Crippen molar-refractivity contribution in [3.63, 3.8) is 0 Å². The molecule has 2 aromatic carbocycles. The van der Waals surface area contributed by atoms with Gasteiger partial charge in [0.05, 0.1) is 41.7 Å². The molecule has 1 atom stereocenters. The molecule has 0 N–H and O–H groups in total. The number of allylic oxidation sites excluding steroid dienone is 1. The molecule has 0 saturated carbocycles. The number of aromatic nitrogens is 1. The van der Waals surface area contributed by atoms with E-state index in [9.17, 15) is 9.59 Å². The van der Waals surface area contributed by atoms with E-state index in [1.807, 2.05) is 62.4 Å². The van der Waals surface area contributed by atoms with Gasteiger partial charge in [-0.2, -0.15) is 0 Å². The molecule has 0 bridgehead atoms. The SMILES string of the molecule is CCOC(=O)C1=C(C)N=c2s/c(=C\c3ccc(-c4ccc(I)cc4)o3)c(=O)n2[C@H]1c1ccc(OCC)c(OCC)c1. The number of hydrogen-bond acceptors (Lipinski definition) is 8. The summed E-state index contributed by atoms with van der Waals surface area (Å²) >= 11 is 3.50. The van der Waals surface area contributed by atoms with E-state index < -0.39 is 12.0 Å². The summed E-state index contributed by atoms with van der Waals surface area (Å²) in [6.07, 6.45) is 1.71. The average molecular weight is 685 g/mol. The molecule has 4 aromatic rings. The minimum Gasteiger partial charge on any atom is -0.490 e. The van der Waals surface area contributed by atoms with E-state index in [-0.39, 0.29) is 12.2 Å². The molecule has 0 fully saturated rings. The van der Waals surface area contributed by atoms with Crippen molar-refractivity contribution in [1.82, 2.24) is 4.57 Å². The third-order valence-electron chi connectivity index (χ3n) is 6.43. The predicted octanol–water partition coefficient (Wildman–Crippen LogP) is 5.46. The van der Waals surface area contributed by atoms with Crippen LogP contribution in [-0.4, -0.2) is 30.4 Å². The van der Waals surface area contributed by atoms with Crippen LogP contribution in [0.5, 0.6) is 11.5 Å². The van der Waals surface area contributed by atoms with E-state index in [2.05, 4.69) is 27.6 Å². The van der Waals surface area contributed by atoms with Crippen molar-refractivity contribution in [3.05, 3.63) is 100 Å². The molecule has 0 radical (unpaired) electrons. The van der Waals surface area contributed by atoms with E-state index in [0.717, 1.165) is 9.13 Å². The molecule has 10 heteroatoms. The van der Waals surface area contributed by atoms with E-state index in [0.29, 0.717) is 62.4 Å². The Labute approximate surface area is 254 Å². The molecule has 8 nitrogen and oxygen atoms in total. The van der Waals surface area contributed by atoms with Crippen molar-refractivity contribution in [3.8, 4) is 22.8 Å². The molecule has 0 spiro atoms. The number of furan rings is 1. The van der Waals surface area contributed by atoms with Crippen LogP contribution in [0.3, 0.4) is 0 Å². The molecule has 0 amide bonds. The van der Waals surface area contributed by atoms with E-state index in [1.54, 1.807) is 30.6 Å². The van der Waals surface area contributed by atoms with Gasteiger partial charge in [0.2, 0.25) is 0 Å². The summed E-state index contributed by atoms with van der Waals surface area (Å²) in [6, 6.07) is 16.4. The third kappa shape index (κ3) is 5.89. The number of benzene rings is 2. The lowest BCUT2D eigenvalue weighted by Gasteiger charge is -2.25. The molecule has 3 heterocycles. The zero-order chi connectivity index (χ0) is 29.1. The van der Waals surface area contributed by atoms with Gasteiger partial charge in [-0.25, -0.2) is 9.79 Å². The first-order chi connectivity index (χ1) is 19.8. The second-order valence-corrected chi connectivity index (χ2v) is 11.3. The minimum atomic E-state index is -0.763. The number of esters is 1. The second kappa shape index (κ2) is 12.5. The Bertz CT molecular complexity index is 1800. The number of carbonyl (C=O) groups excluding carboxylic acids is 1. The Balaban J connectivity index is 1.64. The molecule has 41 heavy (non-hydrogen) atoms. The number of ether oxygens (including phenoxy) is 3. The zero-order valence-corrected chi connectivity index (χ0v) is 26.1. The fourth-order valence-corrected chi connectivity index (χ4v) is 6.06. The van der Waals surface area contributed by atoms with E-state index >= 15 is 0 Å². The van der Waals surface area contributed by atoms with Crippen LogP contribution in [0.15, 0.2) is 80.1 Å². The quantitative estimate of drug-likeness (QED) is 0.172. The van der Waals surface area contributed by atoms with Crippen LogP contribution in [0.1, 0.15) is 45.1 Å². The third-order valence-corrected chi connectivity index (χ3v) is 8.13. The minimum absolute atomic E-state index is 0.196. The van der Waals surface area contributed by atoms with Crippen LogP contribution in [0.25, 0.3) is 17.4 Å². The average Bonchev–Trinajstić information content (AvgIpc) is 3.54. The van der Waals surface area contributed by atoms with Gasteiger partial charge in [0.15, 0.2) is 16.3 Å². The number of halogens is 1.